The third kappa shape index (κ3) is 1.80. The van der Waals surface area contributed by atoms with Crippen LogP contribution in [0.15, 0.2) is 28.8 Å². The molecule has 0 unspecified atom stereocenters. The van der Waals surface area contributed by atoms with Crippen LogP contribution in [0.1, 0.15) is 17.7 Å². The highest BCUT2D eigenvalue weighted by Gasteiger charge is 2.19. The minimum absolute atomic E-state index is 0.113. The fraction of sp³-hybridized carbons (Fsp3) is 0.312. The Bertz CT molecular complexity index is 771. The van der Waals surface area contributed by atoms with Crippen LogP contribution in [0.5, 0.6) is 5.75 Å². The van der Waals surface area contributed by atoms with Crippen LogP contribution < -0.4 is 10.2 Å². The predicted molar refractivity (Wildman–Crippen MR) is 79.0 cm³/mol. The van der Waals surface area contributed by atoms with Gasteiger partial charge in [-0.05, 0) is 24.6 Å². The normalized spacial score (nSPS) is 13.8. The van der Waals surface area contributed by atoms with E-state index in [1.807, 2.05) is 35.9 Å². The van der Waals surface area contributed by atoms with E-state index in [9.17, 15) is 4.79 Å². The SMILES string of the molecule is COC1=Cc2c(c(=O)c3ccc(OC)cc3n2C)CC1. The van der Waals surface area contributed by atoms with Gasteiger partial charge in [0.05, 0.1) is 31.2 Å². The number of ether oxygens (including phenoxy) is 2. The van der Waals surface area contributed by atoms with Gasteiger partial charge in [0.15, 0.2) is 5.43 Å². The molecule has 0 atom stereocenters. The first-order valence-electron chi connectivity index (χ1n) is 6.60. The summed E-state index contributed by atoms with van der Waals surface area (Å²) in [5, 5.41) is 0.737. The van der Waals surface area contributed by atoms with Crippen molar-refractivity contribution >= 4 is 17.0 Å². The average molecular weight is 271 g/mol. The second-order valence-corrected chi connectivity index (χ2v) is 4.95. The molecule has 20 heavy (non-hydrogen) atoms. The first-order chi connectivity index (χ1) is 9.65. The van der Waals surface area contributed by atoms with Crippen molar-refractivity contribution in [2.75, 3.05) is 14.2 Å². The third-order valence-electron chi connectivity index (χ3n) is 3.94. The van der Waals surface area contributed by atoms with E-state index in [2.05, 4.69) is 0 Å². The molecule has 4 nitrogen and oxygen atoms in total. The molecule has 0 amide bonds. The molecule has 0 saturated heterocycles. The van der Waals surface area contributed by atoms with Gasteiger partial charge in [0, 0.05) is 30.5 Å². The monoisotopic (exact) mass is 271 g/mol. The Morgan fingerprint density at radius 3 is 2.65 bits per heavy atom. The van der Waals surface area contributed by atoms with Gasteiger partial charge in [0.25, 0.3) is 0 Å². The van der Waals surface area contributed by atoms with Crippen molar-refractivity contribution in [1.29, 1.82) is 0 Å². The quantitative estimate of drug-likeness (QED) is 0.842. The van der Waals surface area contributed by atoms with E-state index in [1.54, 1.807) is 14.2 Å². The number of nitrogens with zero attached hydrogens (tertiary/aromatic N) is 1. The van der Waals surface area contributed by atoms with Crippen LogP contribution in [0.25, 0.3) is 17.0 Å². The van der Waals surface area contributed by atoms with Crippen LogP contribution >= 0.6 is 0 Å². The van der Waals surface area contributed by atoms with Gasteiger partial charge in [-0.2, -0.15) is 0 Å². The van der Waals surface area contributed by atoms with E-state index in [0.29, 0.717) is 0 Å². The van der Waals surface area contributed by atoms with E-state index in [-0.39, 0.29) is 5.43 Å². The standard InChI is InChI=1S/C16H17NO3/c1-17-14-8-10(19-2)4-6-12(14)16(18)13-7-5-11(20-3)9-15(13)17/h4,6,8-9H,5,7H2,1-3H3. The summed E-state index contributed by atoms with van der Waals surface area (Å²) < 4.78 is 12.6. The zero-order valence-electron chi connectivity index (χ0n) is 11.9. The number of methoxy groups -OCH3 is 2. The summed E-state index contributed by atoms with van der Waals surface area (Å²) in [6, 6.07) is 5.56. The van der Waals surface area contributed by atoms with Gasteiger partial charge in [-0.25, -0.2) is 0 Å². The van der Waals surface area contributed by atoms with Gasteiger partial charge in [-0.1, -0.05) is 0 Å². The van der Waals surface area contributed by atoms with Crippen molar-refractivity contribution < 1.29 is 9.47 Å². The largest absolute Gasteiger partial charge is 0.501 e. The van der Waals surface area contributed by atoms with E-state index >= 15 is 0 Å². The highest BCUT2D eigenvalue weighted by molar-refractivity contribution is 5.83. The molecule has 0 bridgehead atoms. The van der Waals surface area contributed by atoms with Crippen molar-refractivity contribution in [3.8, 4) is 5.75 Å². The summed E-state index contributed by atoms with van der Waals surface area (Å²) in [6.45, 7) is 0. The van der Waals surface area contributed by atoms with Crippen LogP contribution in [0.4, 0.5) is 0 Å². The Balaban J connectivity index is 2.38. The number of hydrogen-bond donors (Lipinski definition) is 0. The summed E-state index contributed by atoms with van der Waals surface area (Å²) in [6.07, 6.45) is 3.46. The van der Waals surface area contributed by atoms with Crippen molar-refractivity contribution in [3.63, 3.8) is 0 Å². The van der Waals surface area contributed by atoms with E-state index in [1.165, 1.54) is 0 Å². The average Bonchev–Trinajstić information content (AvgIpc) is 2.51. The summed E-state index contributed by atoms with van der Waals surface area (Å²) in [7, 11) is 5.26. The zero-order valence-corrected chi connectivity index (χ0v) is 11.9. The number of aryl methyl sites for hydroxylation is 1. The number of benzene rings is 1. The van der Waals surface area contributed by atoms with Gasteiger partial charge in [0.1, 0.15) is 5.75 Å². The van der Waals surface area contributed by atoms with Gasteiger partial charge in [0.2, 0.25) is 0 Å². The number of rotatable bonds is 2. The van der Waals surface area contributed by atoms with Crippen LogP contribution in [0.3, 0.4) is 0 Å². The van der Waals surface area contributed by atoms with Crippen LogP contribution in [-0.2, 0) is 18.2 Å². The molecule has 0 saturated carbocycles. The van der Waals surface area contributed by atoms with Crippen molar-refractivity contribution in [3.05, 3.63) is 45.4 Å². The maximum atomic E-state index is 12.6. The Hall–Kier alpha value is -2.23. The van der Waals surface area contributed by atoms with Crippen molar-refractivity contribution in [1.82, 2.24) is 4.57 Å². The lowest BCUT2D eigenvalue weighted by Crippen LogP contribution is -2.20. The maximum Gasteiger partial charge on any atom is 0.193 e. The molecule has 2 aromatic rings. The Morgan fingerprint density at radius 2 is 1.95 bits per heavy atom. The molecule has 1 aromatic heterocycles. The van der Waals surface area contributed by atoms with E-state index < -0.39 is 0 Å². The van der Waals surface area contributed by atoms with Gasteiger partial charge in [-0.15, -0.1) is 0 Å². The molecule has 0 aliphatic heterocycles. The van der Waals surface area contributed by atoms with Crippen molar-refractivity contribution in [2.24, 2.45) is 7.05 Å². The second-order valence-electron chi connectivity index (χ2n) is 4.95. The highest BCUT2D eigenvalue weighted by atomic mass is 16.5. The Morgan fingerprint density at radius 1 is 1.15 bits per heavy atom. The molecule has 1 aromatic carbocycles. The molecule has 1 aliphatic rings. The number of aromatic nitrogens is 1. The lowest BCUT2D eigenvalue weighted by molar-refractivity contribution is 0.279. The number of pyridine rings is 1. The second kappa shape index (κ2) is 4.71. The lowest BCUT2D eigenvalue weighted by Gasteiger charge is -2.20. The molecule has 104 valence electrons. The fourth-order valence-electron chi connectivity index (χ4n) is 2.78. The first kappa shape index (κ1) is 12.8. The van der Waals surface area contributed by atoms with Crippen LogP contribution in [0.2, 0.25) is 0 Å². The topological polar surface area (TPSA) is 40.5 Å². The summed E-state index contributed by atoms with van der Waals surface area (Å²) >= 11 is 0. The van der Waals surface area contributed by atoms with E-state index in [0.717, 1.165) is 46.5 Å². The maximum absolute atomic E-state index is 12.6. The van der Waals surface area contributed by atoms with E-state index in [4.69, 9.17) is 9.47 Å². The van der Waals surface area contributed by atoms with Gasteiger partial charge < -0.3 is 14.0 Å². The minimum atomic E-state index is 0.113. The zero-order chi connectivity index (χ0) is 14.3. The minimum Gasteiger partial charge on any atom is -0.501 e. The molecule has 0 N–H and O–H groups in total. The third-order valence-corrected chi connectivity index (χ3v) is 3.94. The number of hydrogen-bond acceptors (Lipinski definition) is 3. The number of allylic oxidation sites excluding steroid dienone is 1. The Labute approximate surface area is 117 Å². The highest BCUT2D eigenvalue weighted by Crippen LogP contribution is 2.26. The van der Waals surface area contributed by atoms with Gasteiger partial charge in [-0.3, -0.25) is 4.79 Å². The predicted octanol–water partition coefficient (Wildman–Crippen LogP) is 2.48. The molecule has 3 rings (SSSR count). The molecule has 0 spiro atoms. The molecule has 0 radical (unpaired) electrons. The lowest BCUT2D eigenvalue weighted by atomic mass is 9.97. The summed E-state index contributed by atoms with van der Waals surface area (Å²) in [5.41, 5.74) is 2.79. The van der Waals surface area contributed by atoms with Crippen molar-refractivity contribution in [2.45, 2.75) is 12.8 Å². The first-order valence-corrected chi connectivity index (χ1v) is 6.60. The molecule has 4 heteroatoms. The molecule has 0 fully saturated rings. The number of fused-ring (bicyclic) bond motifs is 2. The van der Waals surface area contributed by atoms with Gasteiger partial charge >= 0.3 is 0 Å². The molecule has 1 heterocycles. The Kier molecular flexibility index (Phi) is 3.01. The van der Waals surface area contributed by atoms with Crippen LogP contribution in [-0.4, -0.2) is 18.8 Å². The molecular formula is C16H17NO3. The smallest absolute Gasteiger partial charge is 0.193 e. The molecule has 1 aliphatic carbocycles. The summed E-state index contributed by atoms with van der Waals surface area (Å²) in [4.78, 5) is 12.6. The fourth-order valence-corrected chi connectivity index (χ4v) is 2.78. The summed E-state index contributed by atoms with van der Waals surface area (Å²) in [5.74, 6) is 1.66. The van der Waals surface area contributed by atoms with Crippen LogP contribution in [0, 0.1) is 0 Å². The molecular weight excluding hydrogens is 254 g/mol.